The van der Waals surface area contributed by atoms with E-state index in [1.54, 1.807) is 0 Å². The molecule has 43 heavy (non-hydrogen) atoms. The highest BCUT2D eigenvalue weighted by atomic mass is 16.5. The Morgan fingerprint density at radius 3 is 1.58 bits per heavy atom. The van der Waals surface area contributed by atoms with Crippen LogP contribution in [0, 0.1) is 0 Å². The van der Waals surface area contributed by atoms with Crippen LogP contribution in [-0.2, 0) is 9.53 Å². The molecular weight excluding hydrogens is 528 g/mol. The fourth-order valence-electron chi connectivity index (χ4n) is 5.63. The van der Waals surface area contributed by atoms with E-state index in [1.807, 2.05) is 6.92 Å². The minimum atomic E-state index is -0.251. The fraction of sp³-hybridized carbons (Fsp3) is 0.525. The van der Waals surface area contributed by atoms with Gasteiger partial charge in [-0.3, -0.25) is 4.79 Å². The zero-order chi connectivity index (χ0) is 30.5. The zero-order valence-electron chi connectivity index (χ0n) is 27.3. The molecule has 3 rings (SSSR count). The molecule has 0 heterocycles. The van der Waals surface area contributed by atoms with Crippen molar-refractivity contribution in [2.45, 2.75) is 130 Å². The van der Waals surface area contributed by atoms with E-state index >= 15 is 0 Å². The smallest absolute Gasteiger partial charge is 0.306 e. The van der Waals surface area contributed by atoms with Crippen molar-refractivity contribution < 1.29 is 14.3 Å². The molecule has 0 aliphatic heterocycles. The average Bonchev–Trinajstić information content (AvgIpc) is 3.04. The molecule has 0 radical (unpaired) electrons. The van der Waals surface area contributed by atoms with E-state index in [4.69, 9.17) is 9.47 Å². The second-order valence-corrected chi connectivity index (χ2v) is 12.0. The Hall–Kier alpha value is -3.07. The maximum Gasteiger partial charge on any atom is 0.306 e. The molecule has 234 valence electrons. The molecule has 3 nitrogen and oxygen atoms in total. The van der Waals surface area contributed by atoms with Crippen LogP contribution in [0.25, 0.3) is 22.3 Å². The standard InChI is InChI=1S/C40H56O3/c1-4-6-8-10-11-12-13-14-15-17-23-40(41)43-33(3)34-24-26-35(27-25-34)38-21-18-19-22-39(38)36-28-30-37(31-29-36)42-32-20-16-9-7-5-2/h18-19,21-22,24-31,33H,4-17,20,23,32H2,1-3H3. The molecule has 0 N–H and O–H groups in total. The van der Waals surface area contributed by atoms with Crippen LogP contribution in [0.1, 0.15) is 135 Å². The van der Waals surface area contributed by atoms with E-state index in [-0.39, 0.29) is 12.1 Å². The number of rotatable bonds is 22. The van der Waals surface area contributed by atoms with E-state index < -0.39 is 0 Å². The molecule has 0 aliphatic carbocycles. The molecule has 0 saturated carbocycles. The van der Waals surface area contributed by atoms with Crippen molar-refractivity contribution in [1.29, 1.82) is 0 Å². The summed E-state index contributed by atoms with van der Waals surface area (Å²) in [5.41, 5.74) is 5.72. The van der Waals surface area contributed by atoms with E-state index in [9.17, 15) is 4.79 Å². The van der Waals surface area contributed by atoms with Crippen molar-refractivity contribution in [2.75, 3.05) is 6.61 Å². The van der Waals surface area contributed by atoms with Crippen LogP contribution in [0.3, 0.4) is 0 Å². The van der Waals surface area contributed by atoms with Crippen LogP contribution < -0.4 is 4.74 Å². The molecule has 0 spiro atoms. The molecular formula is C40H56O3. The predicted octanol–water partition coefficient (Wildman–Crippen LogP) is 12.3. The summed E-state index contributed by atoms with van der Waals surface area (Å²) in [6.45, 7) is 7.25. The fourth-order valence-corrected chi connectivity index (χ4v) is 5.63. The van der Waals surface area contributed by atoms with Gasteiger partial charge in [0.05, 0.1) is 6.61 Å². The monoisotopic (exact) mass is 584 g/mol. The quantitative estimate of drug-likeness (QED) is 0.0870. The largest absolute Gasteiger partial charge is 0.494 e. The van der Waals surface area contributed by atoms with Crippen molar-refractivity contribution >= 4 is 5.97 Å². The Morgan fingerprint density at radius 2 is 1.05 bits per heavy atom. The first-order chi connectivity index (χ1) is 21.1. The van der Waals surface area contributed by atoms with Crippen LogP contribution in [0.4, 0.5) is 0 Å². The molecule has 0 aromatic heterocycles. The van der Waals surface area contributed by atoms with Crippen molar-refractivity contribution in [3.8, 4) is 28.0 Å². The summed E-state index contributed by atoms with van der Waals surface area (Å²) in [4.78, 5) is 12.5. The molecule has 1 atom stereocenters. The molecule has 0 saturated heterocycles. The highest BCUT2D eigenvalue weighted by Crippen LogP contribution is 2.34. The first-order valence-corrected chi connectivity index (χ1v) is 17.2. The van der Waals surface area contributed by atoms with Crippen LogP contribution >= 0.6 is 0 Å². The lowest BCUT2D eigenvalue weighted by Crippen LogP contribution is -2.08. The Kier molecular flexibility index (Phi) is 16.6. The maximum absolute atomic E-state index is 12.5. The number of esters is 1. The van der Waals surface area contributed by atoms with Crippen LogP contribution in [0.2, 0.25) is 0 Å². The number of ether oxygens (including phenoxy) is 2. The second kappa shape index (κ2) is 20.8. The topological polar surface area (TPSA) is 35.5 Å². The summed E-state index contributed by atoms with van der Waals surface area (Å²) in [5.74, 6) is 0.836. The molecule has 0 aliphatic rings. The van der Waals surface area contributed by atoms with Gasteiger partial charge in [-0.05, 0) is 59.7 Å². The van der Waals surface area contributed by atoms with Gasteiger partial charge in [-0.1, -0.05) is 158 Å². The van der Waals surface area contributed by atoms with Gasteiger partial charge in [-0.25, -0.2) is 0 Å². The number of unbranched alkanes of at least 4 members (excludes halogenated alkanes) is 13. The summed E-state index contributed by atoms with van der Waals surface area (Å²) < 4.78 is 11.7. The van der Waals surface area contributed by atoms with Gasteiger partial charge in [0.2, 0.25) is 0 Å². The van der Waals surface area contributed by atoms with E-state index in [0.717, 1.165) is 42.7 Å². The van der Waals surface area contributed by atoms with Crippen molar-refractivity contribution in [2.24, 2.45) is 0 Å². The van der Waals surface area contributed by atoms with Gasteiger partial charge in [-0.2, -0.15) is 0 Å². The third-order valence-corrected chi connectivity index (χ3v) is 8.34. The number of hydrogen-bond acceptors (Lipinski definition) is 3. The van der Waals surface area contributed by atoms with Crippen molar-refractivity contribution in [3.05, 3.63) is 78.4 Å². The Morgan fingerprint density at radius 1 is 0.581 bits per heavy atom. The van der Waals surface area contributed by atoms with Crippen LogP contribution in [0.15, 0.2) is 72.8 Å². The average molecular weight is 585 g/mol. The highest BCUT2D eigenvalue weighted by molar-refractivity contribution is 5.83. The van der Waals surface area contributed by atoms with Crippen molar-refractivity contribution in [1.82, 2.24) is 0 Å². The van der Waals surface area contributed by atoms with E-state index in [2.05, 4.69) is 86.6 Å². The molecule has 0 bridgehead atoms. The lowest BCUT2D eigenvalue weighted by molar-refractivity contribution is -0.148. The first-order valence-electron chi connectivity index (χ1n) is 17.2. The van der Waals surface area contributed by atoms with Gasteiger partial charge in [0.25, 0.3) is 0 Å². The summed E-state index contributed by atoms with van der Waals surface area (Å²) in [6, 6.07) is 25.4. The number of hydrogen-bond donors (Lipinski definition) is 0. The number of carbonyl (C=O) groups is 1. The summed E-state index contributed by atoms with van der Waals surface area (Å²) in [7, 11) is 0. The molecule has 0 amide bonds. The Balaban J connectivity index is 1.45. The first kappa shape index (κ1) is 34.4. The third-order valence-electron chi connectivity index (χ3n) is 8.34. The summed E-state index contributed by atoms with van der Waals surface area (Å²) in [6.07, 6.45) is 19.1. The predicted molar refractivity (Wildman–Crippen MR) is 183 cm³/mol. The van der Waals surface area contributed by atoms with Gasteiger partial charge >= 0.3 is 5.97 Å². The molecule has 3 aromatic carbocycles. The third kappa shape index (κ3) is 13.0. The van der Waals surface area contributed by atoms with Gasteiger partial charge in [0.1, 0.15) is 11.9 Å². The second-order valence-electron chi connectivity index (χ2n) is 12.0. The molecule has 3 aromatic rings. The van der Waals surface area contributed by atoms with Gasteiger partial charge < -0.3 is 9.47 Å². The van der Waals surface area contributed by atoms with E-state index in [1.165, 1.54) is 93.7 Å². The molecule has 3 heteroatoms. The lowest BCUT2D eigenvalue weighted by Gasteiger charge is -2.15. The molecule has 1 unspecified atom stereocenters. The normalized spacial score (nSPS) is 11.8. The van der Waals surface area contributed by atoms with Gasteiger partial charge in [0, 0.05) is 6.42 Å². The minimum absolute atomic E-state index is 0.0922. The van der Waals surface area contributed by atoms with Gasteiger partial charge in [-0.15, -0.1) is 0 Å². The van der Waals surface area contributed by atoms with Crippen molar-refractivity contribution in [3.63, 3.8) is 0 Å². The zero-order valence-corrected chi connectivity index (χ0v) is 27.3. The Bertz CT molecular complexity index is 1150. The highest BCUT2D eigenvalue weighted by Gasteiger charge is 2.13. The summed E-state index contributed by atoms with van der Waals surface area (Å²) in [5, 5.41) is 0. The number of carbonyl (C=O) groups excluding carboxylic acids is 1. The summed E-state index contributed by atoms with van der Waals surface area (Å²) >= 11 is 0. The van der Waals surface area contributed by atoms with Crippen LogP contribution in [0.5, 0.6) is 5.75 Å². The van der Waals surface area contributed by atoms with E-state index in [0.29, 0.717) is 6.42 Å². The minimum Gasteiger partial charge on any atom is -0.494 e. The maximum atomic E-state index is 12.5. The Labute approximate surface area is 262 Å². The number of benzene rings is 3. The molecule has 0 fully saturated rings. The SMILES string of the molecule is CCCCCCCCCCCCC(=O)OC(C)c1ccc(-c2ccccc2-c2ccc(OCCCCCCC)cc2)cc1. The van der Waals surface area contributed by atoms with Gasteiger partial charge in [0.15, 0.2) is 0 Å². The van der Waals surface area contributed by atoms with Crippen LogP contribution in [-0.4, -0.2) is 12.6 Å². The lowest BCUT2D eigenvalue weighted by atomic mass is 9.93.